The van der Waals surface area contributed by atoms with Gasteiger partial charge in [0.05, 0.1) is 17.2 Å². The lowest BCUT2D eigenvalue weighted by molar-refractivity contribution is -0.122. The highest BCUT2D eigenvalue weighted by Gasteiger charge is 2.32. The SMILES string of the molecule is C=CCN1C(=O)N/C(=C/c2cc(Cl)c(OCc3ccc(C(=O)O)cc3)c(OCC)c2)C1=O. The number of halogens is 1. The Balaban J connectivity index is 1.83. The fourth-order valence-corrected chi connectivity index (χ4v) is 3.28. The number of carbonyl (C=O) groups is 3. The van der Waals surface area contributed by atoms with Gasteiger partial charge in [0.1, 0.15) is 12.3 Å². The summed E-state index contributed by atoms with van der Waals surface area (Å²) < 4.78 is 11.5. The number of carbonyl (C=O) groups excluding carboxylic acids is 2. The maximum Gasteiger partial charge on any atom is 0.335 e. The molecular formula is C23H21ClN2O6. The molecule has 1 saturated heterocycles. The van der Waals surface area contributed by atoms with E-state index in [1.165, 1.54) is 24.3 Å². The minimum absolute atomic E-state index is 0.104. The predicted molar refractivity (Wildman–Crippen MR) is 119 cm³/mol. The van der Waals surface area contributed by atoms with Crippen molar-refractivity contribution in [2.75, 3.05) is 13.2 Å². The zero-order valence-corrected chi connectivity index (χ0v) is 18.0. The molecule has 2 aromatic carbocycles. The van der Waals surface area contributed by atoms with Gasteiger partial charge in [-0.1, -0.05) is 29.8 Å². The third-order valence-corrected chi connectivity index (χ3v) is 4.78. The van der Waals surface area contributed by atoms with Gasteiger partial charge in [0.2, 0.25) is 0 Å². The molecule has 166 valence electrons. The number of benzene rings is 2. The van der Waals surface area contributed by atoms with Gasteiger partial charge in [0.25, 0.3) is 5.91 Å². The molecule has 0 bridgehead atoms. The minimum Gasteiger partial charge on any atom is -0.490 e. The summed E-state index contributed by atoms with van der Waals surface area (Å²) in [6, 6.07) is 9.01. The molecule has 1 heterocycles. The Morgan fingerprint density at radius 1 is 1.22 bits per heavy atom. The number of hydrogen-bond donors (Lipinski definition) is 2. The third-order valence-electron chi connectivity index (χ3n) is 4.50. The lowest BCUT2D eigenvalue weighted by atomic mass is 10.1. The van der Waals surface area contributed by atoms with Crippen molar-refractivity contribution < 1.29 is 29.0 Å². The van der Waals surface area contributed by atoms with Crippen LogP contribution in [0.2, 0.25) is 5.02 Å². The molecule has 3 rings (SSSR count). The van der Waals surface area contributed by atoms with Crippen LogP contribution >= 0.6 is 11.6 Å². The topological polar surface area (TPSA) is 105 Å². The fourth-order valence-electron chi connectivity index (χ4n) is 3.01. The summed E-state index contributed by atoms with van der Waals surface area (Å²) in [5.41, 5.74) is 1.59. The van der Waals surface area contributed by atoms with Gasteiger partial charge in [-0.25, -0.2) is 9.59 Å². The van der Waals surface area contributed by atoms with Crippen LogP contribution in [0.3, 0.4) is 0 Å². The van der Waals surface area contributed by atoms with Crippen LogP contribution in [0.4, 0.5) is 4.79 Å². The van der Waals surface area contributed by atoms with E-state index in [9.17, 15) is 14.4 Å². The first-order chi connectivity index (χ1) is 15.3. The first-order valence-electron chi connectivity index (χ1n) is 9.70. The van der Waals surface area contributed by atoms with E-state index in [2.05, 4.69) is 11.9 Å². The van der Waals surface area contributed by atoms with E-state index in [1.807, 2.05) is 0 Å². The van der Waals surface area contributed by atoms with Crippen molar-refractivity contribution in [2.45, 2.75) is 13.5 Å². The molecule has 0 unspecified atom stereocenters. The average Bonchev–Trinajstić information content (AvgIpc) is 3.01. The number of hydrogen-bond acceptors (Lipinski definition) is 5. The Hall–Kier alpha value is -3.78. The van der Waals surface area contributed by atoms with Crippen LogP contribution < -0.4 is 14.8 Å². The van der Waals surface area contributed by atoms with Crippen molar-refractivity contribution in [3.8, 4) is 11.5 Å². The van der Waals surface area contributed by atoms with E-state index in [1.54, 1.807) is 31.2 Å². The van der Waals surface area contributed by atoms with Gasteiger partial charge < -0.3 is 19.9 Å². The summed E-state index contributed by atoms with van der Waals surface area (Å²) in [5.74, 6) is -0.788. The molecule has 3 amide bonds. The van der Waals surface area contributed by atoms with Crippen LogP contribution in [0.5, 0.6) is 11.5 Å². The monoisotopic (exact) mass is 456 g/mol. The lowest BCUT2D eigenvalue weighted by Gasteiger charge is -2.15. The van der Waals surface area contributed by atoms with Crippen molar-refractivity contribution in [1.82, 2.24) is 10.2 Å². The van der Waals surface area contributed by atoms with Gasteiger partial charge in [-0.2, -0.15) is 0 Å². The average molecular weight is 457 g/mol. The van der Waals surface area contributed by atoms with Gasteiger partial charge in [-0.05, 0) is 48.4 Å². The molecular weight excluding hydrogens is 436 g/mol. The van der Waals surface area contributed by atoms with E-state index in [-0.39, 0.29) is 29.4 Å². The second-order valence-electron chi connectivity index (χ2n) is 6.75. The second-order valence-corrected chi connectivity index (χ2v) is 7.15. The molecule has 0 aliphatic carbocycles. The van der Waals surface area contributed by atoms with Gasteiger partial charge in [-0.15, -0.1) is 6.58 Å². The van der Waals surface area contributed by atoms with Crippen LogP contribution in [0.15, 0.2) is 54.8 Å². The predicted octanol–water partition coefficient (Wildman–Crippen LogP) is 4.09. The van der Waals surface area contributed by atoms with E-state index in [4.69, 9.17) is 26.2 Å². The van der Waals surface area contributed by atoms with Crippen molar-refractivity contribution >= 4 is 35.6 Å². The molecule has 8 nitrogen and oxygen atoms in total. The van der Waals surface area contributed by atoms with Gasteiger partial charge >= 0.3 is 12.0 Å². The number of aromatic carboxylic acids is 1. The van der Waals surface area contributed by atoms with Crippen LogP contribution in [0.25, 0.3) is 6.08 Å². The zero-order valence-electron chi connectivity index (χ0n) is 17.3. The number of carboxylic acids is 1. The maximum atomic E-state index is 12.4. The maximum absolute atomic E-state index is 12.4. The number of rotatable bonds is 9. The molecule has 0 radical (unpaired) electrons. The number of amides is 3. The molecule has 9 heteroatoms. The van der Waals surface area contributed by atoms with Crippen LogP contribution in [-0.2, 0) is 11.4 Å². The molecule has 0 spiro atoms. The standard InChI is InChI=1S/C23H21ClN2O6/c1-3-9-26-21(27)18(25-23(26)30)11-15-10-17(24)20(19(12-15)31-4-2)32-13-14-5-7-16(8-6-14)22(28)29/h3,5-8,10-12H,1,4,9,13H2,2H3,(H,25,30)(H,28,29)/b18-11+. The number of urea groups is 1. The zero-order chi connectivity index (χ0) is 23.3. The van der Waals surface area contributed by atoms with Crippen LogP contribution in [0.1, 0.15) is 28.4 Å². The first-order valence-corrected chi connectivity index (χ1v) is 10.1. The van der Waals surface area contributed by atoms with Crippen molar-refractivity contribution in [3.63, 3.8) is 0 Å². The Bertz CT molecular complexity index is 1090. The van der Waals surface area contributed by atoms with Gasteiger partial charge in [-0.3, -0.25) is 9.69 Å². The quantitative estimate of drug-likeness (QED) is 0.334. The van der Waals surface area contributed by atoms with Crippen molar-refractivity contribution in [3.05, 3.63) is 76.5 Å². The highest BCUT2D eigenvalue weighted by Crippen LogP contribution is 2.38. The summed E-state index contributed by atoms with van der Waals surface area (Å²) >= 11 is 6.42. The van der Waals surface area contributed by atoms with Gasteiger partial charge in [0, 0.05) is 6.54 Å². The summed E-state index contributed by atoms with van der Waals surface area (Å²) in [4.78, 5) is 36.4. The van der Waals surface area contributed by atoms with Crippen molar-refractivity contribution in [1.29, 1.82) is 0 Å². The molecule has 2 aromatic rings. The number of nitrogens with one attached hydrogen (secondary N) is 1. The molecule has 1 aliphatic heterocycles. The highest BCUT2D eigenvalue weighted by molar-refractivity contribution is 6.32. The van der Waals surface area contributed by atoms with Crippen molar-refractivity contribution in [2.24, 2.45) is 0 Å². The van der Waals surface area contributed by atoms with Crippen LogP contribution in [0, 0.1) is 0 Å². The molecule has 1 fully saturated rings. The molecule has 1 aliphatic rings. The first kappa shape index (κ1) is 22.9. The second kappa shape index (κ2) is 10.0. The van der Waals surface area contributed by atoms with E-state index in [0.29, 0.717) is 23.7 Å². The number of ether oxygens (including phenoxy) is 2. The summed E-state index contributed by atoms with van der Waals surface area (Å²) in [7, 11) is 0. The molecule has 0 saturated carbocycles. The van der Waals surface area contributed by atoms with Crippen LogP contribution in [-0.4, -0.2) is 41.1 Å². The highest BCUT2D eigenvalue weighted by atomic mass is 35.5. The number of nitrogens with zero attached hydrogens (tertiary/aromatic N) is 1. The fraction of sp³-hybridized carbons (Fsp3) is 0.174. The number of imide groups is 1. The van der Waals surface area contributed by atoms with E-state index < -0.39 is 17.9 Å². The smallest absolute Gasteiger partial charge is 0.335 e. The largest absolute Gasteiger partial charge is 0.490 e. The molecule has 2 N–H and O–H groups in total. The van der Waals surface area contributed by atoms with E-state index >= 15 is 0 Å². The summed E-state index contributed by atoms with van der Waals surface area (Å²) in [5, 5.41) is 11.8. The van der Waals surface area contributed by atoms with Gasteiger partial charge in [0.15, 0.2) is 11.5 Å². The Morgan fingerprint density at radius 3 is 2.56 bits per heavy atom. The molecule has 0 aromatic heterocycles. The molecule has 32 heavy (non-hydrogen) atoms. The Morgan fingerprint density at radius 2 is 1.94 bits per heavy atom. The number of carboxylic acid groups (broad SMARTS) is 1. The third kappa shape index (κ3) is 5.09. The minimum atomic E-state index is -1.01. The lowest BCUT2D eigenvalue weighted by Crippen LogP contribution is -2.30. The molecule has 0 atom stereocenters. The Kier molecular flexibility index (Phi) is 7.17. The summed E-state index contributed by atoms with van der Waals surface area (Å²) in [6.45, 7) is 5.94. The normalized spacial score (nSPS) is 14.4. The Labute approximate surface area is 189 Å². The van der Waals surface area contributed by atoms with E-state index in [0.717, 1.165) is 10.5 Å². The summed E-state index contributed by atoms with van der Waals surface area (Å²) in [6.07, 6.45) is 2.97.